The molecule has 2 N–H and O–H groups in total. The lowest BCUT2D eigenvalue weighted by Crippen LogP contribution is -2.11. The summed E-state index contributed by atoms with van der Waals surface area (Å²) in [5, 5.41) is 4.07. The summed E-state index contributed by atoms with van der Waals surface area (Å²) in [6, 6.07) is 5.50. The van der Waals surface area contributed by atoms with E-state index in [0.717, 1.165) is 5.69 Å². The first-order valence-corrected chi connectivity index (χ1v) is 4.44. The molecule has 0 spiro atoms. The van der Waals surface area contributed by atoms with Gasteiger partial charge in [0.05, 0.1) is 17.6 Å². The third kappa shape index (κ3) is 1.62. The van der Waals surface area contributed by atoms with Crippen molar-refractivity contribution in [1.82, 2.24) is 14.8 Å². The third-order valence-corrected chi connectivity index (χ3v) is 1.98. The Morgan fingerprint density at radius 2 is 2.29 bits per heavy atom. The maximum absolute atomic E-state index is 5.43. The summed E-state index contributed by atoms with van der Waals surface area (Å²) in [6.45, 7) is 0. The molecular formula is C9H8N4S. The van der Waals surface area contributed by atoms with E-state index in [-0.39, 0.29) is 0 Å². The molecule has 0 bridgehead atoms. The van der Waals surface area contributed by atoms with E-state index in [1.165, 1.54) is 0 Å². The Kier molecular flexibility index (Phi) is 2.24. The van der Waals surface area contributed by atoms with Crippen molar-refractivity contribution in [3.63, 3.8) is 0 Å². The van der Waals surface area contributed by atoms with Crippen molar-refractivity contribution >= 4 is 17.2 Å². The van der Waals surface area contributed by atoms with Crippen LogP contribution in [0.3, 0.4) is 0 Å². The molecule has 2 aromatic rings. The molecule has 4 nitrogen and oxygen atoms in total. The number of hydrogen-bond donors (Lipinski definition) is 1. The zero-order chi connectivity index (χ0) is 9.97. The minimum absolute atomic E-state index is 0.303. The lowest BCUT2D eigenvalue weighted by Gasteiger charge is -2.01. The monoisotopic (exact) mass is 204 g/mol. The topological polar surface area (TPSA) is 56.7 Å². The van der Waals surface area contributed by atoms with Crippen LogP contribution in [-0.4, -0.2) is 19.8 Å². The van der Waals surface area contributed by atoms with E-state index in [1.54, 1.807) is 23.1 Å². The molecule has 0 saturated carbocycles. The summed E-state index contributed by atoms with van der Waals surface area (Å²) >= 11 is 4.80. The summed E-state index contributed by atoms with van der Waals surface area (Å²) in [7, 11) is 0. The van der Waals surface area contributed by atoms with Crippen molar-refractivity contribution in [1.29, 1.82) is 0 Å². The fourth-order valence-electron chi connectivity index (χ4n) is 1.09. The molecule has 14 heavy (non-hydrogen) atoms. The highest BCUT2D eigenvalue weighted by Crippen LogP contribution is 2.04. The van der Waals surface area contributed by atoms with E-state index in [4.69, 9.17) is 18.0 Å². The average molecular weight is 204 g/mol. The van der Waals surface area contributed by atoms with Crippen molar-refractivity contribution in [2.75, 3.05) is 0 Å². The Balaban J connectivity index is 2.36. The lowest BCUT2D eigenvalue weighted by atomic mass is 10.3. The van der Waals surface area contributed by atoms with Crippen LogP contribution in [-0.2, 0) is 0 Å². The highest BCUT2D eigenvalue weighted by molar-refractivity contribution is 7.80. The van der Waals surface area contributed by atoms with Crippen LogP contribution in [0.4, 0.5) is 0 Å². The van der Waals surface area contributed by atoms with Gasteiger partial charge in [-0.2, -0.15) is 5.10 Å². The number of pyridine rings is 1. The van der Waals surface area contributed by atoms with E-state index in [0.29, 0.717) is 10.7 Å². The normalized spacial score (nSPS) is 10.0. The van der Waals surface area contributed by atoms with Gasteiger partial charge in [-0.1, -0.05) is 12.2 Å². The van der Waals surface area contributed by atoms with Gasteiger partial charge in [0.2, 0.25) is 0 Å². The smallest absolute Gasteiger partial charge is 0.122 e. The number of thiocarbonyl (C=S) groups is 1. The molecule has 5 heteroatoms. The van der Waals surface area contributed by atoms with Crippen molar-refractivity contribution in [3.8, 4) is 5.69 Å². The maximum atomic E-state index is 5.43. The Labute approximate surface area is 86.4 Å². The second-order valence-corrected chi connectivity index (χ2v) is 3.16. The van der Waals surface area contributed by atoms with Gasteiger partial charge in [-0.25, -0.2) is 4.68 Å². The quantitative estimate of drug-likeness (QED) is 0.738. The summed E-state index contributed by atoms with van der Waals surface area (Å²) in [4.78, 5) is 4.41. The standard InChI is InChI=1S/C9H8N4S/c10-9(14)8-3-2-7(6-11-8)13-5-1-4-12-13/h1-6H,(H2,10,14). The first kappa shape index (κ1) is 8.83. The maximum Gasteiger partial charge on any atom is 0.122 e. The molecule has 0 unspecified atom stereocenters. The summed E-state index contributed by atoms with van der Waals surface area (Å²) in [5.41, 5.74) is 6.93. The summed E-state index contributed by atoms with van der Waals surface area (Å²) in [5.74, 6) is 0. The molecule has 0 fully saturated rings. The number of rotatable bonds is 2. The van der Waals surface area contributed by atoms with Crippen LogP contribution >= 0.6 is 12.2 Å². The third-order valence-electron chi connectivity index (χ3n) is 1.77. The van der Waals surface area contributed by atoms with Gasteiger partial charge in [-0.3, -0.25) is 4.98 Å². The van der Waals surface area contributed by atoms with Crippen LogP contribution in [0.15, 0.2) is 36.8 Å². The summed E-state index contributed by atoms with van der Waals surface area (Å²) < 4.78 is 1.72. The second-order valence-electron chi connectivity index (χ2n) is 2.72. The molecule has 0 atom stereocenters. The van der Waals surface area contributed by atoms with Gasteiger partial charge in [0, 0.05) is 12.4 Å². The van der Waals surface area contributed by atoms with Gasteiger partial charge >= 0.3 is 0 Å². The molecule has 0 aromatic carbocycles. The Hall–Kier alpha value is -1.75. The molecule has 2 heterocycles. The fourth-order valence-corrected chi connectivity index (χ4v) is 1.21. The minimum atomic E-state index is 0.303. The van der Waals surface area contributed by atoms with Crippen LogP contribution in [0.1, 0.15) is 5.69 Å². The van der Waals surface area contributed by atoms with E-state index in [1.807, 2.05) is 18.3 Å². The van der Waals surface area contributed by atoms with Crippen molar-refractivity contribution < 1.29 is 0 Å². The van der Waals surface area contributed by atoms with Gasteiger partial charge in [-0.05, 0) is 18.2 Å². The Bertz CT molecular complexity index is 432. The zero-order valence-electron chi connectivity index (χ0n) is 7.29. The molecule has 0 saturated heterocycles. The first-order chi connectivity index (χ1) is 6.77. The number of nitrogens with two attached hydrogens (primary N) is 1. The molecular weight excluding hydrogens is 196 g/mol. The van der Waals surface area contributed by atoms with E-state index in [2.05, 4.69) is 10.1 Å². The molecule has 0 aliphatic rings. The molecule has 0 radical (unpaired) electrons. The van der Waals surface area contributed by atoms with E-state index < -0.39 is 0 Å². The zero-order valence-corrected chi connectivity index (χ0v) is 8.11. The van der Waals surface area contributed by atoms with Crippen LogP contribution in [0.25, 0.3) is 5.69 Å². The second kappa shape index (κ2) is 3.55. The first-order valence-electron chi connectivity index (χ1n) is 4.03. The highest BCUT2D eigenvalue weighted by atomic mass is 32.1. The minimum Gasteiger partial charge on any atom is -0.388 e. The SMILES string of the molecule is NC(=S)c1ccc(-n2cccn2)cn1. The van der Waals surface area contributed by atoms with Gasteiger partial charge in [0.1, 0.15) is 4.99 Å². The average Bonchev–Trinajstić information content (AvgIpc) is 2.71. The van der Waals surface area contributed by atoms with Crippen LogP contribution < -0.4 is 5.73 Å². The molecule has 2 aromatic heterocycles. The van der Waals surface area contributed by atoms with Gasteiger partial charge in [0.25, 0.3) is 0 Å². The van der Waals surface area contributed by atoms with Gasteiger partial charge in [-0.15, -0.1) is 0 Å². The molecule has 0 aliphatic carbocycles. The number of hydrogen-bond acceptors (Lipinski definition) is 3. The molecule has 0 amide bonds. The molecule has 2 rings (SSSR count). The van der Waals surface area contributed by atoms with Crippen LogP contribution in [0.2, 0.25) is 0 Å². The fraction of sp³-hybridized carbons (Fsp3) is 0. The van der Waals surface area contributed by atoms with E-state index in [9.17, 15) is 0 Å². The largest absolute Gasteiger partial charge is 0.388 e. The van der Waals surface area contributed by atoms with Crippen molar-refractivity contribution in [3.05, 3.63) is 42.5 Å². The van der Waals surface area contributed by atoms with Gasteiger partial charge < -0.3 is 5.73 Å². The molecule has 70 valence electrons. The number of nitrogens with zero attached hydrogens (tertiary/aromatic N) is 3. The highest BCUT2D eigenvalue weighted by Gasteiger charge is 1.99. The van der Waals surface area contributed by atoms with Crippen LogP contribution in [0, 0.1) is 0 Å². The Morgan fingerprint density at radius 3 is 2.79 bits per heavy atom. The van der Waals surface area contributed by atoms with Crippen LogP contribution in [0.5, 0.6) is 0 Å². The van der Waals surface area contributed by atoms with Crippen molar-refractivity contribution in [2.24, 2.45) is 5.73 Å². The number of aromatic nitrogens is 3. The van der Waals surface area contributed by atoms with Crippen molar-refractivity contribution in [2.45, 2.75) is 0 Å². The Morgan fingerprint density at radius 1 is 1.43 bits per heavy atom. The lowest BCUT2D eigenvalue weighted by molar-refractivity contribution is 0.873. The predicted molar refractivity (Wildman–Crippen MR) is 57.2 cm³/mol. The molecule has 0 aliphatic heterocycles. The summed E-state index contributed by atoms with van der Waals surface area (Å²) in [6.07, 6.45) is 5.24. The van der Waals surface area contributed by atoms with E-state index >= 15 is 0 Å². The predicted octanol–water partition coefficient (Wildman–Crippen LogP) is 0.901. The van der Waals surface area contributed by atoms with Gasteiger partial charge in [0.15, 0.2) is 0 Å².